The third-order valence-electron chi connectivity index (χ3n) is 14.6. The van der Waals surface area contributed by atoms with Crippen molar-refractivity contribution in [2.45, 2.75) is 322 Å². The van der Waals surface area contributed by atoms with Crippen LogP contribution in [0.2, 0.25) is 0 Å². The maximum absolute atomic E-state index is 12.9. The number of ether oxygens (including phenoxy) is 3. The van der Waals surface area contributed by atoms with Crippen molar-refractivity contribution in [3.63, 3.8) is 0 Å². The number of unbranched alkanes of at least 4 members (excludes halogenated alkanes) is 29. The van der Waals surface area contributed by atoms with E-state index in [1.54, 1.807) is 0 Å². The zero-order valence-electron chi connectivity index (χ0n) is 54.2. The van der Waals surface area contributed by atoms with Crippen LogP contribution in [0.3, 0.4) is 0 Å². The SMILES string of the molecule is CC/C=C\C/C=C\C/C=C\C/C=C\C/C=C\C/C=C\C/C=C\C/C=C\C/C=C\C/C=C\CCCCC(=O)OCC(COC(=O)CCCCCCC/C=C\CCCCCC)OC(=O)CCCCCCCCCCCCCCCCCCCCC. The van der Waals surface area contributed by atoms with Crippen molar-refractivity contribution in [3.8, 4) is 0 Å². The van der Waals surface area contributed by atoms with Crippen LogP contribution in [-0.2, 0) is 28.6 Å². The minimum atomic E-state index is -0.802. The zero-order chi connectivity index (χ0) is 59.9. The third kappa shape index (κ3) is 68.2. The molecule has 0 rings (SSSR count). The summed E-state index contributed by atoms with van der Waals surface area (Å²) in [5.74, 6) is -0.941. The minimum Gasteiger partial charge on any atom is -0.462 e. The standard InChI is InChI=1S/C77H128O6/c1-4-7-10-13-16-19-22-25-27-29-31-32-33-34-35-36-37-38-39-40-41-42-43-44-46-47-49-52-55-58-61-64-67-70-76(79)82-73-74(72-81-75(78)69-66-63-60-57-54-51-24-21-18-15-12-9-6-3)83-77(80)71-68-65-62-59-56-53-50-48-45-30-28-26-23-20-17-14-11-8-5-2/h7,10,16,19,21,24-25,27,31-32,34-35,37-38,40-41,43-44,47,49,55,58,74H,4-6,8-9,11-15,17-18,20,22-23,26,28-30,33,36,39,42,45-46,48,50-54,56-57,59-73H2,1-3H3/b10-7-,19-16-,24-21-,27-25-,32-31-,35-34-,38-37-,41-40-,44-43-,49-47-,58-55-. The molecular formula is C77H128O6. The highest BCUT2D eigenvalue weighted by molar-refractivity contribution is 5.71. The summed E-state index contributed by atoms with van der Waals surface area (Å²) in [4.78, 5) is 38.4. The molecule has 0 heterocycles. The van der Waals surface area contributed by atoms with Gasteiger partial charge in [-0.3, -0.25) is 14.4 Å². The highest BCUT2D eigenvalue weighted by Gasteiger charge is 2.19. The largest absolute Gasteiger partial charge is 0.462 e. The van der Waals surface area contributed by atoms with Crippen molar-refractivity contribution in [2.75, 3.05) is 13.2 Å². The smallest absolute Gasteiger partial charge is 0.306 e. The second kappa shape index (κ2) is 70.0. The van der Waals surface area contributed by atoms with E-state index in [-0.39, 0.29) is 31.1 Å². The number of rotatable bonds is 62. The Balaban J connectivity index is 4.38. The number of esters is 3. The summed E-state index contributed by atoms with van der Waals surface area (Å²) < 4.78 is 16.9. The van der Waals surface area contributed by atoms with Gasteiger partial charge in [-0.15, -0.1) is 0 Å². The lowest BCUT2D eigenvalue weighted by Crippen LogP contribution is -2.30. The lowest BCUT2D eigenvalue weighted by molar-refractivity contribution is -0.167. The first-order valence-electron chi connectivity index (χ1n) is 34.7. The molecule has 1 atom stereocenters. The summed E-state index contributed by atoms with van der Waals surface area (Å²) in [6.45, 7) is 6.49. The molecule has 0 amide bonds. The van der Waals surface area contributed by atoms with Gasteiger partial charge in [0.1, 0.15) is 13.2 Å². The van der Waals surface area contributed by atoms with E-state index < -0.39 is 6.10 Å². The fourth-order valence-electron chi connectivity index (χ4n) is 9.47. The highest BCUT2D eigenvalue weighted by atomic mass is 16.6. The fraction of sp³-hybridized carbons (Fsp3) is 0.675. The summed E-state index contributed by atoms with van der Waals surface area (Å²) in [5, 5.41) is 0. The maximum Gasteiger partial charge on any atom is 0.306 e. The molecule has 0 spiro atoms. The van der Waals surface area contributed by atoms with Crippen molar-refractivity contribution in [1.82, 2.24) is 0 Å². The van der Waals surface area contributed by atoms with Gasteiger partial charge in [0.15, 0.2) is 6.10 Å². The van der Waals surface area contributed by atoms with E-state index in [1.807, 2.05) is 0 Å². The average molecular weight is 1150 g/mol. The first-order valence-corrected chi connectivity index (χ1v) is 34.7. The van der Waals surface area contributed by atoms with Crippen LogP contribution in [-0.4, -0.2) is 37.2 Å². The van der Waals surface area contributed by atoms with E-state index in [1.165, 1.54) is 141 Å². The van der Waals surface area contributed by atoms with E-state index in [9.17, 15) is 14.4 Å². The molecule has 83 heavy (non-hydrogen) atoms. The van der Waals surface area contributed by atoms with Crippen LogP contribution < -0.4 is 0 Å². The summed E-state index contributed by atoms with van der Waals surface area (Å²) in [5.41, 5.74) is 0. The number of hydrogen-bond donors (Lipinski definition) is 0. The Kier molecular flexibility index (Phi) is 66.3. The summed E-state index contributed by atoms with van der Waals surface area (Å²) in [6, 6.07) is 0. The van der Waals surface area contributed by atoms with Gasteiger partial charge in [-0.05, 0) is 122 Å². The molecule has 0 saturated carbocycles. The van der Waals surface area contributed by atoms with E-state index in [2.05, 4.69) is 154 Å². The number of hydrogen-bond acceptors (Lipinski definition) is 6. The lowest BCUT2D eigenvalue weighted by atomic mass is 10.0. The Morgan fingerprint density at radius 1 is 0.253 bits per heavy atom. The van der Waals surface area contributed by atoms with Crippen molar-refractivity contribution >= 4 is 17.9 Å². The Morgan fingerprint density at radius 2 is 0.470 bits per heavy atom. The van der Waals surface area contributed by atoms with Gasteiger partial charge in [0.25, 0.3) is 0 Å². The molecule has 0 bridgehead atoms. The second-order valence-corrected chi connectivity index (χ2v) is 22.7. The second-order valence-electron chi connectivity index (χ2n) is 22.7. The van der Waals surface area contributed by atoms with Gasteiger partial charge in [-0.1, -0.05) is 309 Å². The van der Waals surface area contributed by atoms with Crippen LogP contribution in [0.1, 0.15) is 316 Å². The number of carbonyl (C=O) groups excluding carboxylic acids is 3. The number of carbonyl (C=O) groups is 3. The van der Waals surface area contributed by atoms with Gasteiger partial charge >= 0.3 is 17.9 Å². The van der Waals surface area contributed by atoms with E-state index in [0.29, 0.717) is 25.7 Å². The van der Waals surface area contributed by atoms with Crippen LogP contribution in [0.15, 0.2) is 134 Å². The normalized spacial score (nSPS) is 13.0. The molecule has 0 aromatic carbocycles. The molecule has 472 valence electrons. The van der Waals surface area contributed by atoms with Gasteiger partial charge in [0.05, 0.1) is 0 Å². The van der Waals surface area contributed by atoms with Crippen LogP contribution in [0.25, 0.3) is 0 Å². The quantitative estimate of drug-likeness (QED) is 0.0261. The summed E-state index contributed by atoms with van der Waals surface area (Å²) >= 11 is 0. The topological polar surface area (TPSA) is 78.9 Å². The molecule has 0 radical (unpaired) electrons. The van der Waals surface area contributed by atoms with E-state index in [4.69, 9.17) is 14.2 Å². The minimum absolute atomic E-state index is 0.0962. The molecule has 0 fully saturated rings. The molecule has 6 nitrogen and oxygen atoms in total. The summed E-state index contributed by atoms with van der Waals surface area (Å²) in [7, 11) is 0. The first-order chi connectivity index (χ1) is 41.0. The van der Waals surface area contributed by atoms with Gasteiger partial charge in [0, 0.05) is 19.3 Å². The third-order valence-corrected chi connectivity index (χ3v) is 14.6. The van der Waals surface area contributed by atoms with Crippen molar-refractivity contribution in [2.24, 2.45) is 0 Å². The predicted octanol–water partition coefficient (Wildman–Crippen LogP) is 24.1. The average Bonchev–Trinajstić information content (AvgIpc) is 3.49. The van der Waals surface area contributed by atoms with Crippen LogP contribution in [0.5, 0.6) is 0 Å². The Labute approximate surface area is 513 Å². The Bertz CT molecular complexity index is 1750. The van der Waals surface area contributed by atoms with E-state index in [0.717, 1.165) is 128 Å². The van der Waals surface area contributed by atoms with Crippen molar-refractivity contribution in [3.05, 3.63) is 134 Å². The molecule has 0 aromatic rings. The molecule has 6 heteroatoms. The fourth-order valence-corrected chi connectivity index (χ4v) is 9.47. The molecule has 0 saturated heterocycles. The van der Waals surface area contributed by atoms with Crippen LogP contribution in [0, 0.1) is 0 Å². The molecule has 0 aliphatic heterocycles. The number of allylic oxidation sites excluding steroid dienone is 22. The highest BCUT2D eigenvalue weighted by Crippen LogP contribution is 2.16. The predicted molar refractivity (Wildman–Crippen MR) is 362 cm³/mol. The molecule has 0 N–H and O–H groups in total. The maximum atomic E-state index is 12.9. The molecule has 1 unspecified atom stereocenters. The van der Waals surface area contributed by atoms with Gasteiger partial charge in [-0.2, -0.15) is 0 Å². The molecule has 0 aromatic heterocycles. The van der Waals surface area contributed by atoms with E-state index >= 15 is 0 Å². The van der Waals surface area contributed by atoms with Crippen molar-refractivity contribution in [1.29, 1.82) is 0 Å². The Morgan fingerprint density at radius 3 is 0.783 bits per heavy atom. The van der Waals surface area contributed by atoms with Crippen molar-refractivity contribution < 1.29 is 28.6 Å². The van der Waals surface area contributed by atoms with Crippen LogP contribution >= 0.6 is 0 Å². The molecular weight excluding hydrogens is 1020 g/mol. The van der Waals surface area contributed by atoms with Gasteiger partial charge in [0.2, 0.25) is 0 Å². The molecule has 0 aliphatic carbocycles. The monoisotopic (exact) mass is 1150 g/mol. The zero-order valence-corrected chi connectivity index (χ0v) is 54.2. The van der Waals surface area contributed by atoms with Crippen LogP contribution in [0.4, 0.5) is 0 Å². The lowest BCUT2D eigenvalue weighted by Gasteiger charge is -2.18. The summed E-state index contributed by atoms with van der Waals surface area (Å²) in [6.07, 6.45) is 99.0. The first kappa shape index (κ1) is 78.5. The Hall–Kier alpha value is -4.45. The molecule has 0 aliphatic rings. The van der Waals surface area contributed by atoms with Gasteiger partial charge < -0.3 is 14.2 Å². The van der Waals surface area contributed by atoms with Gasteiger partial charge in [-0.25, -0.2) is 0 Å².